The quantitative estimate of drug-likeness (QED) is 0.526. The number of fused-ring (bicyclic) bond motifs is 2. The molecule has 2 aromatic carbocycles. The summed E-state index contributed by atoms with van der Waals surface area (Å²) in [5.41, 5.74) is 2.16. The van der Waals surface area contributed by atoms with Crippen molar-refractivity contribution in [1.82, 2.24) is 18.7 Å². The minimum atomic E-state index is -0.362. The first-order valence-corrected chi connectivity index (χ1v) is 9.24. The summed E-state index contributed by atoms with van der Waals surface area (Å²) in [6.45, 7) is -0.167. The van der Waals surface area contributed by atoms with Gasteiger partial charge in [0.1, 0.15) is 6.54 Å². The highest BCUT2D eigenvalue weighted by atomic mass is 79.9. The van der Waals surface area contributed by atoms with Crippen LogP contribution in [0, 0.1) is 0 Å². The molecule has 0 unspecified atom stereocenters. The van der Waals surface area contributed by atoms with E-state index in [9.17, 15) is 14.4 Å². The zero-order valence-corrected chi connectivity index (χ0v) is 16.7. The summed E-state index contributed by atoms with van der Waals surface area (Å²) in [7, 11) is 3.37. The fraction of sp³-hybridized carbons (Fsp3) is 0.158. The van der Waals surface area contributed by atoms with E-state index >= 15 is 0 Å². The lowest BCUT2D eigenvalue weighted by molar-refractivity contribution is -0.116. The van der Waals surface area contributed by atoms with Crippen molar-refractivity contribution in [2.24, 2.45) is 14.1 Å². The van der Waals surface area contributed by atoms with Gasteiger partial charge in [-0.05, 0) is 36.4 Å². The van der Waals surface area contributed by atoms with Crippen LogP contribution in [0.3, 0.4) is 0 Å². The molecule has 2 heterocycles. The van der Waals surface area contributed by atoms with E-state index in [-0.39, 0.29) is 23.7 Å². The Balaban J connectivity index is 1.61. The van der Waals surface area contributed by atoms with Crippen LogP contribution in [0.5, 0.6) is 0 Å². The molecular formula is C19H16BrN5O3. The lowest BCUT2D eigenvalue weighted by Gasteiger charge is -2.09. The SMILES string of the molecule is Cn1c(=O)n(C)c2cc(NC(=O)Cn3cnc4ccc(Br)cc4c3=O)ccc21. The van der Waals surface area contributed by atoms with Crippen LogP contribution in [0.15, 0.2) is 56.8 Å². The minimum absolute atomic E-state index is 0.140. The number of aryl methyl sites for hydroxylation is 2. The van der Waals surface area contributed by atoms with Crippen LogP contribution in [0.25, 0.3) is 21.9 Å². The van der Waals surface area contributed by atoms with Crippen LogP contribution in [-0.4, -0.2) is 24.6 Å². The van der Waals surface area contributed by atoms with Crippen LogP contribution in [-0.2, 0) is 25.4 Å². The second kappa shape index (κ2) is 6.75. The standard InChI is InChI=1S/C19H16BrN5O3/c1-23-15-6-4-12(8-16(15)24(2)19(23)28)22-17(26)9-25-10-21-14-5-3-11(20)7-13(14)18(25)27/h3-8,10H,9H2,1-2H3,(H,22,26). The Labute approximate surface area is 167 Å². The van der Waals surface area contributed by atoms with Crippen LogP contribution in [0.2, 0.25) is 0 Å². The summed E-state index contributed by atoms with van der Waals surface area (Å²) in [6.07, 6.45) is 1.36. The van der Waals surface area contributed by atoms with Crippen LogP contribution >= 0.6 is 15.9 Å². The molecule has 4 rings (SSSR count). The highest BCUT2D eigenvalue weighted by Gasteiger charge is 2.11. The summed E-state index contributed by atoms with van der Waals surface area (Å²) in [4.78, 5) is 41.3. The zero-order chi connectivity index (χ0) is 20.0. The topological polar surface area (TPSA) is 90.9 Å². The number of hydrogen-bond acceptors (Lipinski definition) is 4. The number of halogens is 1. The maximum Gasteiger partial charge on any atom is 0.328 e. The summed E-state index contributed by atoms with van der Waals surface area (Å²) in [5, 5.41) is 3.20. The second-order valence-corrected chi connectivity index (χ2v) is 7.41. The molecule has 2 aromatic heterocycles. The van der Waals surface area contributed by atoms with Gasteiger partial charge in [0, 0.05) is 24.3 Å². The van der Waals surface area contributed by atoms with Gasteiger partial charge in [-0.1, -0.05) is 15.9 Å². The molecule has 0 saturated heterocycles. The summed E-state index contributed by atoms with van der Waals surface area (Å²) in [5.74, 6) is -0.362. The van der Waals surface area contributed by atoms with Crippen molar-refractivity contribution >= 4 is 49.5 Å². The Morgan fingerprint density at radius 1 is 1.07 bits per heavy atom. The van der Waals surface area contributed by atoms with Crippen molar-refractivity contribution in [2.45, 2.75) is 6.54 Å². The molecule has 0 bridgehead atoms. The average molecular weight is 442 g/mol. The number of nitrogens with zero attached hydrogens (tertiary/aromatic N) is 4. The molecule has 0 aliphatic carbocycles. The van der Waals surface area contributed by atoms with E-state index in [4.69, 9.17) is 0 Å². The summed E-state index contributed by atoms with van der Waals surface area (Å²) in [6, 6.07) is 10.4. The van der Waals surface area contributed by atoms with E-state index in [0.717, 1.165) is 9.99 Å². The number of nitrogens with one attached hydrogen (secondary N) is 1. The van der Waals surface area contributed by atoms with Crippen LogP contribution < -0.4 is 16.6 Å². The molecule has 0 fully saturated rings. The van der Waals surface area contributed by atoms with Crippen molar-refractivity contribution in [1.29, 1.82) is 0 Å². The van der Waals surface area contributed by atoms with Gasteiger partial charge in [0.25, 0.3) is 5.56 Å². The molecule has 0 aliphatic heterocycles. The molecule has 1 amide bonds. The number of imidazole rings is 1. The molecule has 142 valence electrons. The van der Waals surface area contributed by atoms with Gasteiger partial charge in [0.15, 0.2) is 0 Å². The Hall–Kier alpha value is -3.20. The van der Waals surface area contributed by atoms with Crippen molar-refractivity contribution in [3.05, 3.63) is 68.0 Å². The lowest BCUT2D eigenvalue weighted by Crippen LogP contribution is -2.27. The minimum Gasteiger partial charge on any atom is -0.324 e. The predicted molar refractivity (Wildman–Crippen MR) is 110 cm³/mol. The third-order valence-corrected chi connectivity index (χ3v) is 5.15. The van der Waals surface area contributed by atoms with Gasteiger partial charge in [0.2, 0.25) is 5.91 Å². The molecule has 8 nitrogen and oxygen atoms in total. The largest absolute Gasteiger partial charge is 0.328 e. The highest BCUT2D eigenvalue weighted by molar-refractivity contribution is 9.10. The monoisotopic (exact) mass is 441 g/mol. The third kappa shape index (κ3) is 3.03. The van der Waals surface area contributed by atoms with Crippen molar-refractivity contribution < 1.29 is 4.79 Å². The van der Waals surface area contributed by atoms with Gasteiger partial charge in [-0.25, -0.2) is 9.78 Å². The third-order valence-electron chi connectivity index (χ3n) is 4.66. The van der Waals surface area contributed by atoms with Gasteiger partial charge in [-0.15, -0.1) is 0 Å². The van der Waals surface area contributed by atoms with Crippen LogP contribution in [0.4, 0.5) is 5.69 Å². The highest BCUT2D eigenvalue weighted by Crippen LogP contribution is 2.18. The number of hydrogen-bond donors (Lipinski definition) is 1. The fourth-order valence-electron chi connectivity index (χ4n) is 3.18. The number of aromatic nitrogens is 4. The van der Waals surface area contributed by atoms with Gasteiger partial charge in [-0.3, -0.25) is 23.3 Å². The van der Waals surface area contributed by atoms with Gasteiger partial charge < -0.3 is 5.32 Å². The van der Waals surface area contributed by atoms with Crippen molar-refractivity contribution in [2.75, 3.05) is 5.32 Å². The maximum atomic E-state index is 12.6. The molecular weight excluding hydrogens is 426 g/mol. The lowest BCUT2D eigenvalue weighted by atomic mass is 10.2. The van der Waals surface area contributed by atoms with E-state index in [2.05, 4.69) is 26.2 Å². The molecule has 28 heavy (non-hydrogen) atoms. The van der Waals surface area contributed by atoms with Crippen molar-refractivity contribution in [3.63, 3.8) is 0 Å². The van der Waals surface area contributed by atoms with E-state index in [1.807, 2.05) is 0 Å². The van der Waals surface area contributed by atoms with E-state index in [0.29, 0.717) is 22.1 Å². The summed E-state index contributed by atoms with van der Waals surface area (Å²) < 4.78 is 5.09. The Morgan fingerprint density at radius 3 is 2.61 bits per heavy atom. The summed E-state index contributed by atoms with van der Waals surface area (Å²) >= 11 is 3.34. The normalized spacial score (nSPS) is 11.2. The molecule has 0 radical (unpaired) electrons. The zero-order valence-electron chi connectivity index (χ0n) is 15.1. The number of carbonyl (C=O) groups excluding carboxylic acids is 1. The number of rotatable bonds is 3. The molecule has 0 aliphatic rings. The Morgan fingerprint density at radius 2 is 1.82 bits per heavy atom. The molecule has 4 aromatic rings. The first kappa shape index (κ1) is 18.2. The first-order valence-electron chi connectivity index (χ1n) is 8.45. The smallest absolute Gasteiger partial charge is 0.324 e. The van der Waals surface area contributed by atoms with Gasteiger partial charge in [0.05, 0.1) is 28.3 Å². The number of benzene rings is 2. The Bertz CT molecular complexity index is 1370. The first-order chi connectivity index (χ1) is 13.3. The average Bonchev–Trinajstić information content (AvgIpc) is 2.88. The number of carbonyl (C=O) groups is 1. The van der Waals surface area contributed by atoms with Crippen molar-refractivity contribution in [3.8, 4) is 0 Å². The van der Waals surface area contributed by atoms with E-state index in [1.54, 1.807) is 55.1 Å². The van der Waals surface area contributed by atoms with Gasteiger partial charge >= 0.3 is 5.69 Å². The second-order valence-electron chi connectivity index (χ2n) is 6.49. The maximum absolute atomic E-state index is 12.6. The van der Waals surface area contributed by atoms with Gasteiger partial charge in [-0.2, -0.15) is 0 Å². The fourth-order valence-corrected chi connectivity index (χ4v) is 3.54. The molecule has 9 heteroatoms. The molecule has 1 N–H and O–H groups in total. The van der Waals surface area contributed by atoms with E-state index < -0.39 is 0 Å². The van der Waals surface area contributed by atoms with E-state index in [1.165, 1.54) is 15.5 Å². The number of amides is 1. The van der Waals surface area contributed by atoms with Crippen LogP contribution in [0.1, 0.15) is 0 Å². The number of anilines is 1. The molecule has 0 spiro atoms. The Kier molecular flexibility index (Phi) is 4.38. The molecule has 0 saturated carbocycles. The molecule has 0 atom stereocenters. The predicted octanol–water partition coefficient (Wildman–Crippen LogP) is 1.99.